The first kappa shape index (κ1) is 11.5. The number of hydrazone groups is 2. The van der Waals surface area contributed by atoms with Gasteiger partial charge >= 0.3 is 0 Å². The molecule has 1 aromatic rings. The second-order valence-electron chi connectivity index (χ2n) is 5.32. The lowest BCUT2D eigenvalue weighted by atomic mass is 10.0. The predicted molar refractivity (Wildman–Crippen MR) is 80.3 cm³/mol. The Morgan fingerprint density at radius 2 is 2.05 bits per heavy atom. The Labute approximate surface area is 118 Å². The van der Waals surface area contributed by atoms with Gasteiger partial charge in [0.2, 0.25) is 0 Å². The first-order valence-corrected chi connectivity index (χ1v) is 6.98. The molecule has 2 heterocycles. The summed E-state index contributed by atoms with van der Waals surface area (Å²) in [5.74, 6) is 0. The van der Waals surface area contributed by atoms with Crippen molar-refractivity contribution in [1.82, 2.24) is 10.4 Å². The summed E-state index contributed by atoms with van der Waals surface area (Å²) in [5.41, 5.74) is 9.41. The van der Waals surface area contributed by atoms with Crippen molar-refractivity contribution in [2.24, 2.45) is 10.2 Å². The molecule has 0 fully saturated rings. The van der Waals surface area contributed by atoms with E-state index in [1.165, 1.54) is 22.4 Å². The van der Waals surface area contributed by atoms with Gasteiger partial charge in [0.15, 0.2) is 0 Å². The van der Waals surface area contributed by atoms with Gasteiger partial charge in [-0.2, -0.15) is 10.2 Å². The summed E-state index contributed by atoms with van der Waals surface area (Å²) in [6.07, 6.45) is 6.04. The third kappa shape index (κ3) is 1.93. The van der Waals surface area contributed by atoms with Crippen LogP contribution in [0, 0.1) is 0 Å². The van der Waals surface area contributed by atoms with E-state index in [2.05, 4.69) is 44.9 Å². The molecule has 0 spiro atoms. The monoisotopic (exact) mass is 264 g/mol. The third-order valence-corrected chi connectivity index (χ3v) is 3.96. The molecule has 1 aliphatic carbocycles. The highest BCUT2D eigenvalue weighted by Crippen LogP contribution is 2.32. The van der Waals surface area contributed by atoms with Gasteiger partial charge in [0.05, 0.1) is 25.0 Å². The van der Waals surface area contributed by atoms with E-state index in [4.69, 9.17) is 0 Å². The molecule has 4 rings (SSSR count). The van der Waals surface area contributed by atoms with E-state index in [1.807, 2.05) is 18.5 Å². The summed E-state index contributed by atoms with van der Waals surface area (Å²) in [6.45, 7) is 1.75. The van der Waals surface area contributed by atoms with Crippen molar-refractivity contribution in [3.63, 3.8) is 0 Å². The Balaban J connectivity index is 1.63. The van der Waals surface area contributed by atoms with Gasteiger partial charge < -0.3 is 0 Å². The van der Waals surface area contributed by atoms with Gasteiger partial charge in [-0.1, -0.05) is 30.3 Å². The van der Waals surface area contributed by atoms with Crippen molar-refractivity contribution in [3.05, 3.63) is 58.8 Å². The molecule has 2 aliphatic heterocycles. The summed E-state index contributed by atoms with van der Waals surface area (Å²) < 4.78 is 0. The molecule has 0 saturated carbocycles. The molecular weight excluding hydrogens is 248 g/mol. The highest BCUT2D eigenvalue weighted by atomic mass is 15.4. The fraction of sp³-hybridized carbons (Fsp3) is 0.250. The molecule has 20 heavy (non-hydrogen) atoms. The van der Waals surface area contributed by atoms with E-state index in [1.54, 1.807) is 0 Å². The molecule has 3 aliphatic rings. The quantitative estimate of drug-likeness (QED) is 0.891. The lowest BCUT2D eigenvalue weighted by Gasteiger charge is -2.18. The molecule has 1 N–H and O–H groups in total. The van der Waals surface area contributed by atoms with Crippen molar-refractivity contribution in [2.75, 3.05) is 6.54 Å². The summed E-state index contributed by atoms with van der Waals surface area (Å²) >= 11 is 0. The van der Waals surface area contributed by atoms with Gasteiger partial charge in [0.1, 0.15) is 0 Å². The van der Waals surface area contributed by atoms with Gasteiger partial charge in [-0.15, -0.1) is 0 Å². The maximum absolute atomic E-state index is 4.62. The molecule has 0 unspecified atom stereocenters. The lowest BCUT2D eigenvalue weighted by Crippen LogP contribution is -2.19. The van der Waals surface area contributed by atoms with Crippen LogP contribution in [0.15, 0.2) is 63.5 Å². The zero-order chi connectivity index (χ0) is 13.4. The van der Waals surface area contributed by atoms with Crippen molar-refractivity contribution in [1.29, 1.82) is 0 Å². The Hall–Kier alpha value is -2.36. The van der Waals surface area contributed by atoms with Crippen LogP contribution in [0.5, 0.6) is 0 Å². The highest BCUT2D eigenvalue weighted by molar-refractivity contribution is 6.13. The second kappa shape index (κ2) is 4.63. The minimum absolute atomic E-state index is 0.849. The number of rotatable bonds is 2. The van der Waals surface area contributed by atoms with E-state index in [-0.39, 0.29) is 0 Å². The smallest absolute Gasteiger partial charge is 0.0689 e. The number of hydrogen-bond acceptors (Lipinski definition) is 4. The molecule has 100 valence electrons. The minimum atomic E-state index is 0.849. The molecule has 0 radical (unpaired) electrons. The number of nitrogens with zero attached hydrogens (tertiary/aromatic N) is 3. The molecule has 1 aromatic carbocycles. The van der Waals surface area contributed by atoms with Crippen LogP contribution in [-0.2, 0) is 6.54 Å². The van der Waals surface area contributed by atoms with E-state index in [0.29, 0.717) is 0 Å². The molecular formula is C16H16N4. The number of allylic oxidation sites excluding steroid dienone is 2. The summed E-state index contributed by atoms with van der Waals surface area (Å²) in [4.78, 5) is 0. The summed E-state index contributed by atoms with van der Waals surface area (Å²) in [7, 11) is 0. The predicted octanol–water partition coefficient (Wildman–Crippen LogP) is 2.42. The van der Waals surface area contributed by atoms with E-state index in [0.717, 1.165) is 31.5 Å². The Morgan fingerprint density at radius 3 is 2.95 bits per heavy atom. The third-order valence-electron chi connectivity index (χ3n) is 3.96. The van der Waals surface area contributed by atoms with Crippen LogP contribution < -0.4 is 5.43 Å². The molecule has 0 atom stereocenters. The Kier molecular flexibility index (Phi) is 2.66. The zero-order valence-corrected chi connectivity index (χ0v) is 11.2. The average Bonchev–Trinajstić information content (AvgIpc) is 2.80. The first-order valence-electron chi connectivity index (χ1n) is 6.98. The topological polar surface area (TPSA) is 40.0 Å². The fourth-order valence-electron chi connectivity index (χ4n) is 3.01. The summed E-state index contributed by atoms with van der Waals surface area (Å²) in [6, 6.07) is 10.5. The second-order valence-corrected chi connectivity index (χ2v) is 5.32. The molecule has 4 nitrogen and oxygen atoms in total. The zero-order valence-electron chi connectivity index (χ0n) is 11.2. The fourth-order valence-corrected chi connectivity index (χ4v) is 3.01. The van der Waals surface area contributed by atoms with Crippen LogP contribution >= 0.6 is 0 Å². The standard InChI is InChI=1S/C16H16N4/c1-2-4-12(5-3-1)10-20-11-13-6-7-15-16(13)14(9-18-20)8-17-19-15/h1-5,8-9,17H,6-7,10-11H2. The van der Waals surface area contributed by atoms with Crippen LogP contribution in [0.1, 0.15) is 18.4 Å². The maximum atomic E-state index is 4.62. The van der Waals surface area contributed by atoms with Crippen molar-refractivity contribution in [3.8, 4) is 0 Å². The van der Waals surface area contributed by atoms with E-state index in [9.17, 15) is 0 Å². The van der Waals surface area contributed by atoms with Crippen LogP contribution in [0.3, 0.4) is 0 Å². The first-order chi connectivity index (χ1) is 9.90. The lowest BCUT2D eigenvalue weighted by molar-refractivity contribution is 0.305. The Bertz CT molecular complexity index is 652. The number of nitrogens with one attached hydrogen (secondary N) is 1. The molecule has 0 bridgehead atoms. The molecule has 0 amide bonds. The van der Waals surface area contributed by atoms with Crippen molar-refractivity contribution in [2.45, 2.75) is 19.4 Å². The van der Waals surface area contributed by atoms with Crippen molar-refractivity contribution < 1.29 is 0 Å². The molecule has 0 saturated heterocycles. The van der Waals surface area contributed by atoms with E-state index < -0.39 is 0 Å². The Morgan fingerprint density at radius 1 is 1.15 bits per heavy atom. The van der Waals surface area contributed by atoms with E-state index >= 15 is 0 Å². The van der Waals surface area contributed by atoms with Gasteiger partial charge in [0, 0.05) is 17.3 Å². The number of hydrogen-bond donors (Lipinski definition) is 1. The maximum Gasteiger partial charge on any atom is 0.0689 e. The largest absolute Gasteiger partial charge is 0.289 e. The van der Waals surface area contributed by atoms with Crippen LogP contribution in [0.2, 0.25) is 0 Å². The van der Waals surface area contributed by atoms with Gasteiger partial charge in [-0.3, -0.25) is 10.4 Å². The minimum Gasteiger partial charge on any atom is -0.289 e. The van der Waals surface area contributed by atoms with Crippen LogP contribution in [-0.4, -0.2) is 23.5 Å². The highest BCUT2D eigenvalue weighted by Gasteiger charge is 2.28. The van der Waals surface area contributed by atoms with Crippen LogP contribution in [0.4, 0.5) is 0 Å². The molecule has 4 heteroatoms. The SMILES string of the molecule is C1=NN(Cc2ccccc2)CC2=C3C1=CNN=C3CC2. The van der Waals surface area contributed by atoms with Crippen molar-refractivity contribution >= 4 is 11.9 Å². The normalized spacial score (nSPS) is 20.1. The van der Waals surface area contributed by atoms with Gasteiger partial charge in [0.25, 0.3) is 0 Å². The molecule has 0 aromatic heterocycles. The van der Waals surface area contributed by atoms with Gasteiger partial charge in [-0.25, -0.2) is 0 Å². The average molecular weight is 264 g/mol. The van der Waals surface area contributed by atoms with Gasteiger partial charge in [-0.05, 0) is 24.0 Å². The van der Waals surface area contributed by atoms with Crippen LogP contribution in [0.25, 0.3) is 0 Å². The number of benzene rings is 1. The summed E-state index contributed by atoms with van der Waals surface area (Å²) in [5, 5.41) is 11.1.